The summed E-state index contributed by atoms with van der Waals surface area (Å²) in [5.74, 6) is -2.03. The quantitative estimate of drug-likeness (QED) is 0.661. The van der Waals surface area contributed by atoms with Crippen LogP contribution in [-0.2, 0) is 0 Å². The highest BCUT2D eigenvalue weighted by Crippen LogP contribution is 2.16. The van der Waals surface area contributed by atoms with Gasteiger partial charge >= 0.3 is 0 Å². The third-order valence-corrected chi connectivity index (χ3v) is 2.93. The Bertz CT molecular complexity index is 424. The number of amides is 1. The maximum atomic E-state index is 13.4. The minimum Gasteiger partial charge on any atom is -0.351 e. The van der Waals surface area contributed by atoms with Crippen LogP contribution < -0.4 is 5.32 Å². The van der Waals surface area contributed by atoms with Crippen LogP contribution in [-0.4, -0.2) is 38.0 Å². The van der Waals surface area contributed by atoms with Crippen LogP contribution in [0.4, 0.5) is 8.78 Å². The summed E-state index contributed by atoms with van der Waals surface area (Å²) in [4.78, 5) is 13.5. The molecule has 0 aliphatic heterocycles. The van der Waals surface area contributed by atoms with Crippen LogP contribution in [0.1, 0.15) is 10.4 Å². The number of halogens is 3. The summed E-state index contributed by atoms with van der Waals surface area (Å²) >= 11 is 1.72. The summed E-state index contributed by atoms with van der Waals surface area (Å²) in [6.45, 7) is 1.07. The topological polar surface area (TPSA) is 32.3 Å². The molecular formula is C11H13F2IN2O. The van der Waals surface area contributed by atoms with E-state index in [1.54, 1.807) is 22.6 Å². The van der Waals surface area contributed by atoms with E-state index in [9.17, 15) is 13.6 Å². The summed E-state index contributed by atoms with van der Waals surface area (Å²) in [5, 5.41) is 2.57. The Morgan fingerprint density at radius 2 is 2.00 bits per heavy atom. The molecule has 1 aromatic carbocycles. The van der Waals surface area contributed by atoms with Gasteiger partial charge < -0.3 is 10.2 Å². The van der Waals surface area contributed by atoms with E-state index in [1.165, 1.54) is 6.07 Å². The van der Waals surface area contributed by atoms with Crippen LogP contribution in [0.25, 0.3) is 0 Å². The zero-order chi connectivity index (χ0) is 13.0. The molecule has 3 nitrogen and oxygen atoms in total. The van der Waals surface area contributed by atoms with Gasteiger partial charge in [0.2, 0.25) is 0 Å². The fourth-order valence-corrected chi connectivity index (χ4v) is 1.65. The van der Waals surface area contributed by atoms with E-state index < -0.39 is 17.5 Å². The van der Waals surface area contributed by atoms with Crippen molar-refractivity contribution in [1.29, 1.82) is 0 Å². The predicted molar refractivity (Wildman–Crippen MR) is 70.0 cm³/mol. The van der Waals surface area contributed by atoms with Crippen LogP contribution in [0.3, 0.4) is 0 Å². The van der Waals surface area contributed by atoms with Crippen molar-refractivity contribution < 1.29 is 13.6 Å². The number of nitrogens with zero attached hydrogens (tertiary/aromatic N) is 1. The van der Waals surface area contributed by atoms with Crippen molar-refractivity contribution in [2.45, 2.75) is 0 Å². The van der Waals surface area contributed by atoms with Crippen LogP contribution in [0.15, 0.2) is 12.1 Å². The maximum absolute atomic E-state index is 13.4. The molecule has 0 saturated heterocycles. The molecule has 0 fully saturated rings. The van der Waals surface area contributed by atoms with Gasteiger partial charge in [-0.25, -0.2) is 8.78 Å². The predicted octanol–water partition coefficient (Wildman–Crippen LogP) is 1.86. The van der Waals surface area contributed by atoms with Gasteiger partial charge in [-0.1, -0.05) is 0 Å². The molecule has 0 aliphatic carbocycles. The number of hydrogen-bond donors (Lipinski definition) is 1. The van der Waals surface area contributed by atoms with Gasteiger partial charge in [0.05, 0.1) is 5.56 Å². The molecule has 6 heteroatoms. The van der Waals surface area contributed by atoms with E-state index >= 15 is 0 Å². The van der Waals surface area contributed by atoms with E-state index in [0.717, 1.165) is 6.07 Å². The minimum absolute atomic E-state index is 0.130. The SMILES string of the molecule is CN(C)CCNC(=O)c1cc(I)c(F)cc1F. The lowest BCUT2D eigenvalue weighted by Gasteiger charge is -2.11. The van der Waals surface area contributed by atoms with Gasteiger partial charge in [-0.15, -0.1) is 0 Å². The van der Waals surface area contributed by atoms with E-state index in [-0.39, 0.29) is 9.13 Å². The molecule has 0 atom stereocenters. The Balaban J connectivity index is 2.72. The van der Waals surface area contributed by atoms with Crippen molar-refractivity contribution in [2.24, 2.45) is 0 Å². The third kappa shape index (κ3) is 4.19. The molecule has 1 N–H and O–H groups in total. The Kier molecular flexibility index (Phi) is 5.26. The maximum Gasteiger partial charge on any atom is 0.254 e. The number of benzene rings is 1. The van der Waals surface area contributed by atoms with Gasteiger partial charge in [-0.3, -0.25) is 4.79 Å². The van der Waals surface area contributed by atoms with Gasteiger partial charge in [0.15, 0.2) is 0 Å². The van der Waals surface area contributed by atoms with E-state index in [2.05, 4.69) is 5.32 Å². The van der Waals surface area contributed by atoms with Crippen molar-refractivity contribution in [3.05, 3.63) is 32.9 Å². The second-order valence-corrected chi connectivity index (χ2v) is 4.97. The molecule has 1 aromatic rings. The smallest absolute Gasteiger partial charge is 0.254 e. The molecular weight excluding hydrogens is 341 g/mol. The number of rotatable bonds is 4. The van der Waals surface area contributed by atoms with Crippen molar-refractivity contribution in [2.75, 3.05) is 27.2 Å². The first-order valence-corrected chi connectivity index (χ1v) is 6.07. The Hall–Kier alpha value is -0.760. The van der Waals surface area contributed by atoms with Gasteiger partial charge in [-0.05, 0) is 42.8 Å². The zero-order valence-electron chi connectivity index (χ0n) is 9.56. The summed E-state index contributed by atoms with van der Waals surface area (Å²) in [6, 6.07) is 1.93. The lowest BCUT2D eigenvalue weighted by atomic mass is 10.2. The average molecular weight is 354 g/mol. The second-order valence-electron chi connectivity index (χ2n) is 3.81. The minimum atomic E-state index is -0.842. The molecule has 0 radical (unpaired) electrons. The first kappa shape index (κ1) is 14.3. The van der Waals surface area contributed by atoms with Crippen LogP contribution in [0, 0.1) is 15.2 Å². The van der Waals surface area contributed by atoms with Crippen molar-refractivity contribution in [3.8, 4) is 0 Å². The van der Waals surface area contributed by atoms with Crippen LogP contribution >= 0.6 is 22.6 Å². The molecule has 0 saturated carbocycles. The highest BCUT2D eigenvalue weighted by molar-refractivity contribution is 14.1. The van der Waals surface area contributed by atoms with E-state index in [0.29, 0.717) is 13.1 Å². The average Bonchev–Trinajstić information content (AvgIpc) is 2.22. The van der Waals surface area contributed by atoms with Gasteiger partial charge in [0.1, 0.15) is 11.6 Å². The zero-order valence-corrected chi connectivity index (χ0v) is 11.7. The van der Waals surface area contributed by atoms with Gasteiger partial charge in [-0.2, -0.15) is 0 Å². The van der Waals surface area contributed by atoms with Gasteiger partial charge in [0.25, 0.3) is 5.91 Å². The van der Waals surface area contributed by atoms with Crippen molar-refractivity contribution >= 4 is 28.5 Å². The monoisotopic (exact) mass is 354 g/mol. The van der Waals surface area contributed by atoms with Crippen LogP contribution in [0.2, 0.25) is 0 Å². The number of carbonyl (C=O) groups is 1. The van der Waals surface area contributed by atoms with E-state index in [1.807, 2.05) is 19.0 Å². The molecule has 0 aromatic heterocycles. The van der Waals surface area contributed by atoms with Gasteiger partial charge in [0, 0.05) is 22.7 Å². The molecule has 0 spiro atoms. The molecule has 0 heterocycles. The molecule has 0 unspecified atom stereocenters. The normalized spacial score (nSPS) is 10.7. The standard InChI is InChI=1S/C11H13F2IN2O/c1-16(2)4-3-15-11(17)7-5-10(14)9(13)6-8(7)12/h5-6H,3-4H2,1-2H3,(H,15,17). The molecule has 0 bridgehead atoms. The first-order valence-electron chi connectivity index (χ1n) is 4.99. The lowest BCUT2D eigenvalue weighted by Crippen LogP contribution is -2.31. The van der Waals surface area contributed by atoms with E-state index in [4.69, 9.17) is 0 Å². The van der Waals surface area contributed by atoms with Crippen molar-refractivity contribution in [1.82, 2.24) is 10.2 Å². The highest BCUT2D eigenvalue weighted by atomic mass is 127. The molecule has 1 amide bonds. The Morgan fingerprint density at radius 3 is 2.59 bits per heavy atom. The number of likely N-dealkylation sites (N-methyl/N-ethyl adjacent to an activating group) is 1. The summed E-state index contributed by atoms with van der Waals surface area (Å²) < 4.78 is 26.6. The molecule has 0 aliphatic rings. The summed E-state index contributed by atoms with van der Waals surface area (Å²) in [5.41, 5.74) is -0.130. The molecule has 17 heavy (non-hydrogen) atoms. The Morgan fingerprint density at radius 1 is 1.35 bits per heavy atom. The molecule has 1 rings (SSSR count). The summed E-state index contributed by atoms with van der Waals surface area (Å²) in [6.07, 6.45) is 0. The number of carbonyl (C=O) groups excluding carboxylic acids is 1. The summed E-state index contributed by atoms with van der Waals surface area (Å²) in [7, 11) is 3.74. The fourth-order valence-electron chi connectivity index (χ4n) is 1.18. The lowest BCUT2D eigenvalue weighted by molar-refractivity contribution is 0.0947. The van der Waals surface area contributed by atoms with Crippen LogP contribution in [0.5, 0.6) is 0 Å². The number of hydrogen-bond acceptors (Lipinski definition) is 2. The number of nitrogens with one attached hydrogen (secondary N) is 1. The highest BCUT2D eigenvalue weighted by Gasteiger charge is 2.14. The fraction of sp³-hybridized carbons (Fsp3) is 0.364. The first-order chi connectivity index (χ1) is 7.91. The molecule has 94 valence electrons. The van der Waals surface area contributed by atoms with Crippen molar-refractivity contribution in [3.63, 3.8) is 0 Å². The second kappa shape index (κ2) is 6.25. The third-order valence-electron chi connectivity index (χ3n) is 2.10. The largest absolute Gasteiger partial charge is 0.351 e. The Labute approximate surface area is 112 Å².